The number of nitrogens with one attached hydrogen (secondary N) is 1. The summed E-state index contributed by atoms with van der Waals surface area (Å²) in [5.41, 5.74) is 3.21. The molecule has 4 heteroatoms. The Kier molecular flexibility index (Phi) is 4.45. The molecule has 4 nitrogen and oxygen atoms in total. The van der Waals surface area contributed by atoms with Gasteiger partial charge in [-0.2, -0.15) is 5.10 Å². The Morgan fingerprint density at radius 1 is 1.25 bits per heavy atom. The van der Waals surface area contributed by atoms with Crippen molar-refractivity contribution in [1.82, 2.24) is 15.1 Å². The highest BCUT2D eigenvalue weighted by atomic mass is 16.5. The summed E-state index contributed by atoms with van der Waals surface area (Å²) >= 11 is 0. The Bertz CT molecular complexity index is 572. The van der Waals surface area contributed by atoms with E-state index in [-0.39, 0.29) is 0 Å². The lowest BCUT2D eigenvalue weighted by Gasteiger charge is -2.13. The minimum Gasteiger partial charge on any atom is -0.453 e. The van der Waals surface area contributed by atoms with Crippen molar-refractivity contribution in [2.24, 2.45) is 7.05 Å². The number of ether oxygens (including phenoxy) is 1. The Balaban J connectivity index is 2.15. The third kappa shape index (κ3) is 3.02. The first-order chi connectivity index (χ1) is 9.52. The van der Waals surface area contributed by atoms with Crippen LogP contribution in [0.15, 0.2) is 24.3 Å². The van der Waals surface area contributed by atoms with Crippen LogP contribution in [0.2, 0.25) is 0 Å². The van der Waals surface area contributed by atoms with Crippen molar-refractivity contribution >= 4 is 0 Å². The van der Waals surface area contributed by atoms with Gasteiger partial charge in [0.15, 0.2) is 5.75 Å². The van der Waals surface area contributed by atoms with E-state index in [1.807, 2.05) is 37.7 Å². The van der Waals surface area contributed by atoms with Gasteiger partial charge >= 0.3 is 0 Å². The predicted molar refractivity (Wildman–Crippen MR) is 81.3 cm³/mol. The number of aromatic nitrogens is 2. The van der Waals surface area contributed by atoms with Gasteiger partial charge in [0.2, 0.25) is 0 Å². The molecule has 2 rings (SSSR count). The average Bonchev–Trinajstić information content (AvgIpc) is 2.66. The second-order valence-corrected chi connectivity index (χ2v) is 5.07. The van der Waals surface area contributed by atoms with Crippen LogP contribution in [-0.4, -0.2) is 16.3 Å². The highest BCUT2D eigenvalue weighted by Gasteiger charge is 2.12. The van der Waals surface area contributed by atoms with Crippen LogP contribution in [0.5, 0.6) is 11.5 Å². The van der Waals surface area contributed by atoms with E-state index in [0.717, 1.165) is 29.4 Å². The summed E-state index contributed by atoms with van der Waals surface area (Å²) < 4.78 is 7.79. The van der Waals surface area contributed by atoms with E-state index in [0.29, 0.717) is 6.04 Å². The molecule has 1 aromatic heterocycles. The number of nitrogens with zero attached hydrogens (tertiary/aromatic N) is 2. The van der Waals surface area contributed by atoms with Crippen LogP contribution in [0.4, 0.5) is 0 Å². The fourth-order valence-corrected chi connectivity index (χ4v) is 2.27. The SMILES string of the molecule is CCNC(C)c1ccc(Oc2c(C)nn(C)c2C)cc1. The quantitative estimate of drug-likeness (QED) is 0.906. The van der Waals surface area contributed by atoms with Crippen LogP contribution < -0.4 is 10.1 Å². The van der Waals surface area contributed by atoms with E-state index < -0.39 is 0 Å². The van der Waals surface area contributed by atoms with Gasteiger partial charge in [-0.3, -0.25) is 4.68 Å². The second-order valence-electron chi connectivity index (χ2n) is 5.07. The maximum atomic E-state index is 5.95. The lowest BCUT2D eigenvalue weighted by Crippen LogP contribution is -2.17. The van der Waals surface area contributed by atoms with Gasteiger partial charge in [0.05, 0.1) is 5.69 Å². The van der Waals surface area contributed by atoms with E-state index >= 15 is 0 Å². The third-order valence-electron chi connectivity index (χ3n) is 3.55. The largest absolute Gasteiger partial charge is 0.453 e. The van der Waals surface area contributed by atoms with E-state index in [2.05, 4.69) is 36.4 Å². The fraction of sp³-hybridized carbons (Fsp3) is 0.438. The number of hydrogen-bond donors (Lipinski definition) is 1. The van der Waals surface area contributed by atoms with E-state index in [1.165, 1.54) is 5.56 Å². The molecule has 2 aromatic rings. The monoisotopic (exact) mass is 273 g/mol. The van der Waals surface area contributed by atoms with Crippen molar-refractivity contribution in [3.8, 4) is 11.5 Å². The summed E-state index contributed by atoms with van der Waals surface area (Å²) in [4.78, 5) is 0. The standard InChI is InChI=1S/C16H23N3O/c1-6-17-11(2)14-7-9-15(10-8-14)20-16-12(3)18-19(5)13(16)4/h7-11,17H,6H2,1-5H3. The second kappa shape index (κ2) is 6.09. The van der Waals surface area contributed by atoms with Gasteiger partial charge in [-0.05, 0) is 45.0 Å². The van der Waals surface area contributed by atoms with Crippen LogP contribution in [-0.2, 0) is 7.05 Å². The first kappa shape index (κ1) is 14.6. The topological polar surface area (TPSA) is 39.1 Å². The molecule has 0 aliphatic rings. The first-order valence-corrected chi connectivity index (χ1v) is 7.04. The van der Waals surface area contributed by atoms with Crippen LogP contribution in [0.1, 0.15) is 36.8 Å². The minimum absolute atomic E-state index is 0.357. The lowest BCUT2D eigenvalue weighted by molar-refractivity contribution is 0.473. The summed E-state index contributed by atoms with van der Waals surface area (Å²) in [6.45, 7) is 9.21. The minimum atomic E-state index is 0.357. The third-order valence-corrected chi connectivity index (χ3v) is 3.55. The van der Waals surface area contributed by atoms with Gasteiger partial charge in [-0.15, -0.1) is 0 Å². The van der Waals surface area contributed by atoms with Crippen LogP contribution in [0, 0.1) is 13.8 Å². The lowest BCUT2D eigenvalue weighted by atomic mass is 10.1. The molecule has 1 atom stereocenters. The average molecular weight is 273 g/mol. The summed E-state index contributed by atoms with van der Waals surface area (Å²) in [7, 11) is 1.93. The fourth-order valence-electron chi connectivity index (χ4n) is 2.27. The van der Waals surface area contributed by atoms with E-state index in [9.17, 15) is 0 Å². The molecular formula is C16H23N3O. The van der Waals surface area contributed by atoms with Crippen LogP contribution in [0.3, 0.4) is 0 Å². The van der Waals surface area contributed by atoms with Gasteiger partial charge in [0.1, 0.15) is 11.4 Å². The molecule has 0 amide bonds. The molecule has 0 radical (unpaired) electrons. The molecule has 1 heterocycles. The van der Waals surface area contributed by atoms with Gasteiger partial charge < -0.3 is 10.1 Å². The zero-order valence-electron chi connectivity index (χ0n) is 12.9. The van der Waals surface area contributed by atoms with Crippen LogP contribution in [0.25, 0.3) is 0 Å². The summed E-state index contributed by atoms with van der Waals surface area (Å²) in [6.07, 6.45) is 0. The summed E-state index contributed by atoms with van der Waals surface area (Å²) in [5.74, 6) is 1.69. The maximum absolute atomic E-state index is 5.95. The molecule has 0 aliphatic heterocycles. The zero-order chi connectivity index (χ0) is 14.7. The maximum Gasteiger partial charge on any atom is 0.171 e. The normalized spacial score (nSPS) is 12.4. The van der Waals surface area contributed by atoms with E-state index in [4.69, 9.17) is 4.74 Å². The Hall–Kier alpha value is -1.81. The molecular weight excluding hydrogens is 250 g/mol. The number of benzene rings is 1. The van der Waals surface area contributed by atoms with Crippen molar-refractivity contribution < 1.29 is 4.74 Å². The molecule has 108 valence electrons. The Morgan fingerprint density at radius 2 is 1.90 bits per heavy atom. The molecule has 0 saturated carbocycles. The van der Waals surface area contributed by atoms with Gasteiger partial charge in [-0.1, -0.05) is 19.1 Å². The van der Waals surface area contributed by atoms with E-state index in [1.54, 1.807) is 0 Å². The molecule has 0 bridgehead atoms. The van der Waals surface area contributed by atoms with Crippen molar-refractivity contribution in [1.29, 1.82) is 0 Å². The molecule has 1 aromatic carbocycles. The molecule has 0 saturated heterocycles. The summed E-state index contributed by atoms with van der Waals surface area (Å²) in [5, 5.41) is 7.76. The van der Waals surface area contributed by atoms with Crippen molar-refractivity contribution in [2.45, 2.75) is 33.7 Å². The molecule has 20 heavy (non-hydrogen) atoms. The Morgan fingerprint density at radius 3 is 2.40 bits per heavy atom. The Labute approximate surface area is 120 Å². The van der Waals surface area contributed by atoms with Crippen molar-refractivity contribution in [2.75, 3.05) is 6.54 Å². The molecule has 0 fully saturated rings. The highest BCUT2D eigenvalue weighted by Crippen LogP contribution is 2.28. The molecule has 0 aliphatic carbocycles. The van der Waals surface area contributed by atoms with Gasteiger partial charge in [0.25, 0.3) is 0 Å². The molecule has 1 unspecified atom stereocenters. The summed E-state index contributed by atoms with van der Waals surface area (Å²) in [6, 6.07) is 8.58. The van der Waals surface area contributed by atoms with Crippen molar-refractivity contribution in [3.63, 3.8) is 0 Å². The van der Waals surface area contributed by atoms with Gasteiger partial charge in [0, 0.05) is 13.1 Å². The number of hydrogen-bond acceptors (Lipinski definition) is 3. The smallest absolute Gasteiger partial charge is 0.171 e. The molecule has 1 N–H and O–H groups in total. The zero-order valence-corrected chi connectivity index (χ0v) is 12.9. The van der Waals surface area contributed by atoms with Crippen LogP contribution >= 0.6 is 0 Å². The highest BCUT2D eigenvalue weighted by molar-refractivity contribution is 5.38. The molecule has 0 spiro atoms. The number of rotatable bonds is 5. The first-order valence-electron chi connectivity index (χ1n) is 7.04. The van der Waals surface area contributed by atoms with Crippen molar-refractivity contribution in [3.05, 3.63) is 41.2 Å². The number of aryl methyl sites for hydroxylation is 2. The predicted octanol–water partition coefficient (Wildman–Crippen LogP) is 3.50. The van der Waals surface area contributed by atoms with Gasteiger partial charge in [-0.25, -0.2) is 0 Å².